The molecule has 3 nitrogen and oxygen atoms in total. The summed E-state index contributed by atoms with van der Waals surface area (Å²) in [5.74, 6) is 0. The van der Waals surface area contributed by atoms with Crippen molar-refractivity contribution in [2.24, 2.45) is 7.05 Å². The zero-order valence-electron chi connectivity index (χ0n) is 12.8. The fourth-order valence-corrected chi connectivity index (χ4v) is 2.52. The second-order valence-electron chi connectivity index (χ2n) is 5.51. The van der Waals surface area contributed by atoms with E-state index >= 15 is 0 Å². The third-order valence-corrected chi connectivity index (χ3v) is 3.64. The monoisotopic (exact) mass is 271 g/mol. The summed E-state index contributed by atoms with van der Waals surface area (Å²) in [4.78, 5) is 0. The van der Waals surface area contributed by atoms with E-state index in [-0.39, 0.29) is 0 Å². The summed E-state index contributed by atoms with van der Waals surface area (Å²) in [5, 5.41) is 7.83. The lowest BCUT2D eigenvalue weighted by Crippen LogP contribution is -2.31. The van der Waals surface area contributed by atoms with Crippen LogP contribution >= 0.6 is 0 Å². The maximum atomic E-state index is 4.23. The zero-order chi connectivity index (χ0) is 14.4. The molecule has 1 atom stereocenters. The van der Waals surface area contributed by atoms with Crippen LogP contribution in [0.25, 0.3) is 0 Å². The van der Waals surface area contributed by atoms with Crippen molar-refractivity contribution in [3.05, 3.63) is 53.3 Å². The fourth-order valence-electron chi connectivity index (χ4n) is 2.52. The topological polar surface area (TPSA) is 29.9 Å². The van der Waals surface area contributed by atoms with E-state index in [2.05, 4.69) is 54.7 Å². The minimum Gasteiger partial charge on any atom is -0.314 e. The van der Waals surface area contributed by atoms with Crippen LogP contribution in [-0.2, 0) is 19.9 Å². The minimum atomic E-state index is 0.530. The summed E-state index contributed by atoms with van der Waals surface area (Å²) >= 11 is 0. The number of nitrogens with zero attached hydrogens (tertiary/aromatic N) is 2. The summed E-state index contributed by atoms with van der Waals surface area (Å²) in [5.41, 5.74) is 4.05. The molecule has 0 saturated heterocycles. The number of aryl methyl sites for hydroxylation is 3. The van der Waals surface area contributed by atoms with Crippen molar-refractivity contribution >= 4 is 0 Å². The largest absolute Gasteiger partial charge is 0.314 e. The first kappa shape index (κ1) is 14.8. The molecular formula is C17H25N3. The van der Waals surface area contributed by atoms with Gasteiger partial charge in [-0.05, 0) is 43.9 Å². The van der Waals surface area contributed by atoms with Crippen molar-refractivity contribution < 1.29 is 0 Å². The molecule has 20 heavy (non-hydrogen) atoms. The lowest BCUT2D eigenvalue weighted by molar-refractivity contribution is 0.491. The molecule has 1 aromatic carbocycles. The maximum Gasteiger partial charge on any atom is 0.0521 e. The molecule has 1 N–H and O–H groups in total. The normalized spacial score (nSPS) is 12.6. The van der Waals surface area contributed by atoms with Crippen LogP contribution in [0.15, 0.2) is 36.7 Å². The minimum absolute atomic E-state index is 0.530. The number of aromatic nitrogens is 2. The Hall–Kier alpha value is -1.61. The van der Waals surface area contributed by atoms with Gasteiger partial charge in [0.1, 0.15) is 0 Å². The summed E-state index contributed by atoms with van der Waals surface area (Å²) < 4.78 is 1.87. The van der Waals surface area contributed by atoms with E-state index in [1.807, 2.05) is 17.9 Å². The van der Waals surface area contributed by atoms with Gasteiger partial charge in [0.05, 0.1) is 6.20 Å². The molecule has 0 bridgehead atoms. The lowest BCUT2D eigenvalue weighted by atomic mass is 9.99. The van der Waals surface area contributed by atoms with E-state index in [0.717, 1.165) is 25.8 Å². The number of likely N-dealkylation sites (N-methyl/N-ethyl adjacent to an activating group) is 1. The van der Waals surface area contributed by atoms with Crippen LogP contribution in [0, 0.1) is 6.92 Å². The highest BCUT2D eigenvalue weighted by Gasteiger charge is 2.09. The molecule has 0 aliphatic rings. The Morgan fingerprint density at radius 3 is 2.55 bits per heavy atom. The average Bonchev–Trinajstić information content (AvgIpc) is 2.85. The second kappa shape index (κ2) is 7.25. The van der Waals surface area contributed by atoms with Gasteiger partial charge in [-0.15, -0.1) is 0 Å². The Morgan fingerprint density at radius 2 is 1.95 bits per heavy atom. The van der Waals surface area contributed by atoms with Crippen LogP contribution in [0.2, 0.25) is 0 Å². The highest BCUT2D eigenvalue weighted by molar-refractivity contribution is 5.22. The van der Waals surface area contributed by atoms with Crippen molar-refractivity contribution in [3.8, 4) is 0 Å². The Bertz CT molecular complexity index is 513. The highest BCUT2D eigenvalue weighted by atomic mass is 15.2. The Balaban J connectivity index is 1.91. The van der Waals surface area contributed by atoms with Crippen LogP contribution < -0.4 is 5.32 Å². The van der Waals surface area contributed by atoms with Gasteiger partial charge < -0.3 is 5.32 Å². The van der Waals surface area contributed by atoms with Crippen LogP contribution in [0.4, 0.5) is 0 Å². The average molecular weight is 271 g/mol. The predicted molar refractivity (Wildman–Crippen MR) is 83.9 cm³/mol. The third-order valence-electron chi connectivity index (χ3n) is 3.64. The molecule has 0 aliphatic heterocycles. The molecule has 0 amide bonds. The Labute approximate surface area is 122 Å². The summed E-state index contributed by atoms with van der Waals surface area (Å²) in [6.07, 6.45) is 7.39. The number of nitrogens with one attached hydrogen (secondary N) is 1. The van der Waals surface area contributed by atoms with E-state index in [1.165, 1.54) is 16.7 Å². The highest BCUT2D eigenvalue weighted by Crippen LogP contribution is 2.11. The van der Waals surface area contributed by atoms with Gasteiger partial charge in [0.25, 0.3) is 0 Å². The van der Waals surface area contributed by atoms with E-state index in [1.54, 1.807) is 0 Å². The first-order chi connectivity index (χ1) is 9.67. The molecule has 1 unspecified atom stereocenters. The van der Waals surface area contributed by atoms with Gasteiger partial charge in [-0.2, -0.15) is 5.10 Å². The van der Waals surface area contributed by atoms with Crippen molar-refractivity contribution in [1.82, 2.24) is 15.1 Å². The van der Waals surface area contributed by atoms with Gasteiger partial charge in [0.2, 0.25) is 0 Å². The van der Waals surface area contributed by atoms with E-state index in [9.17, 15) is 0 Å². The molecule has 0 radical (unpaired) electrons. The second-order valence-corrected chi connectivity index (χ2v) is 5.51. The van der Waals surface area contributed by atoms with Crippen molar-refractivity contribution in [2.45, 2.75) is 39.2 Å². The van der Waals surface area contributed by atoms with Crippen LogP contribution in [-0.4, -0.2) is 22.4 Å². The zero-order valence-corrected chi connectivity index (χ0v) is 12.8. The maximum absolute atomic E-state index is 4.23. The SMILES string of the molecule is CCNC(CCc1cnn(C)c1)Cc1ccc(C)cc1. The molecule has 2 aromatic rings. The van der Waals surface area contributed by atoms with Crippen molar-refractivity contribution in [1.29, 1.82) is 0 Å². The summed E-state index contributed by atoms with van der Waals surface area (Å²) in [7, 11) is 1.97. The van der Waals surface area contributed by atoms with Crippen molar-refractivity contribution in [3.63, 3.8) is 0 Å². The number of benzene rings is 1. The van der Waals surface area contributed by atoms with Gasteiger partial charge in [0, 0.05) is 19.3 Å². The fraction of sp³-hybridized carbons (Fsp3) is 0.471. The molecule has 0 aliphatic carbocycles. The van der Waals surface area contributed by atoms with Gasteiger partial charge in [-0.25, -0.2) is 0 Å². The summed E-state index contributed by atoms with van der Waals surface area (Å²) in [6.45, 7) is 5.32. The third kappa shape index (κ3) is 4.49. The van der Waals surface area contributed by atoms with Gasteiger partial charge in [-0.3, -0.25) is 4.68 Å². The van der Waals surface area contributed by atoms with Gasteiger partial charge >= 0.3 is 0 Å². The molecule has 2 rings (SSSR count). The van der Waals surface area contributed by atoms with Crippen LogP contribution in [0.1, 0.15) is 30.0 Å². The first-order valence-electron chi connectivity index (χ1n) is 7.44. The molecule has 1 heterocycles. The number of hydrogen-bond donors (Lipinski definition) is 1. The smallest absolute Gasteiger partial charge is 0.0521 e. The Kier molecular flexibility index (Phi) is 5.36. The van der Waals surface area contributed by atoms with Gasteiger partial charge in [-0.1, -0.05) is 36.8 Å². The molecule has 0 saturated carbocycles. The standard InChI is InChI=1S/C17H25N3/c1-4-18-17(10-9-16-12-19-20(3)13-16)11-15-7-5-14(2)6-8-15/h5-8,12-13,17-18H,4,9-11H2,1-3H3. The quantitative estimate of drug-likeness (QED) is 0.839. The molecule has 0 fully saturated rings. The first-order valence-corrected chi connectivity index (χ1v) is 7.44. The molecule has 1 aromatic heterocycles. The van der Waals surface area contributed by atoms with E-state index in [0.29, 0.717) is 6.04 Å². The number of rotatable bonds is 7. The predicted octanol–water partition coefficient (Wildman–Crippen LogP) is 2.88. The molecular weight excluding hydrogens is 246 g/mol. The molecule has 0 spiro atoms. The number of hydrogen-bond acceptors (Lipinski definition) is 2. The van der Waals surface area contributed by atoms with Crippen LogP contribution in [0.3, 0.4) is 0 Å². The Morgan fingerprint density at radius 1 is 1.20 bits per heavy atom. The lowest BCUT2D eigenvalue weighted by Gasteiger charge is -2.17. The summed E-state index contributed by atoms with van der Waals surface area (Å²) in [6, 6.07) is 9.40. The van der Waals surface area contributed by atoms with E-state index < -0.39 is 0 Å². The van der Waals surface area contributed by atoms with Gasteiger partial charge in [0.15, 0.2) is 0 Å². The van der Waals surface area contributed by atoms with Crippen molar-refractivity contribution in [2.75, 3.05) is 6.54 Å². The molecule has 108 valence electrons. The molecule has 3 heteroatoms. The van der Waals surface area contributed by atoms with Crippen LogP contribution in [0.5, 0.6) is 0 Å². The van der Waals surface area contributed by atoms with E-state index in [4.69, 9.17) is 0 Å².